The van der Waals surface area contributed by atoms with Crippen molar-refractivity contribution in [3.05, 3.63) is 71.9 Å². The predicted octanol–water partition coefficient (Wildman–Crippen LogP) is 3.22. The first-order valence-corrected chi connectivity index (χ1v) is 7.64. The molecule has 0 saturated carbocycles. The van der Waals surface area contributed by atoms with Crippen molar-refractivity contribution in [1.82, 2.24) is 5.32 Å². The Hall–Kier alpha value is -3.26. The van der Waals surface area contributed by atoms with Crippen molar-refractivity contribution in [1.29, 1.82) is 5.26 Å². The van der Waals surface area contributed by atoms with E-state index in [2.05, 4.69) is 10.6 Å². The van der Waals surface area contributed by atoms with Crippen molar-refractivity contribution in [2.75, 3.05) is 11.9 Å². The number of rotatable bonds is 7. The first-order valence-electron chi connectivity index (χ1n) is 7.64. The number of nitrogens with one attached hydrogen (secondary N) is 2. The van der Waals surface area contributed by atoms with Crippen molar-refractivity contribution in [2.24, 2.45) is 0 Å². The van der Waals surface area contributed by atoms with E-state index in [1.807, 2.05) is 67.6 Å². The Balaban J connectivity index is 1.93. The molecule has 0 unspecified atom stereocenters. The zero-order valence-corrected chi connectivity index (χ0v) is 13.5. The number of amides is 1. The van der Waals surface area contributed by atoms with Gasteiger partial charge in [0.1, 0.15) is 17.4 Å². The molecule has 0 radical (unpaired) electrons. The van der Waals surface area contributed by atoms with E-state index in [0.717, 1.165) is 17.0 Å². The van der Waals surface area contributed by atoms with Gasteiger partial charge in [-0.3, -0.25) is 4.79 Å². The lowest BCUT2D eigenvalue weighted by Crippen LogP contribution is -2.24. The monoisotopic (exact) mass is 321 g/mol. The molecule has 0 spiro atoms. The fourth-order valence-electron chi connectivity index (χ4n) is 1.99. The molecule has 0 aliphatic rings. The van der Waals surface area contributed by atoms with Crippen molar-refractivity contribution >= 4 is 11.6 Å². The Kier molecular flexibility index (Phi) is 6.42. The van der Waals surface area contributed by atoms with Crippen molar-refractivity contribution in [2.45, 2.75) is 13.5 Å². The van der Waals surface area contributed by atoms with Crippen LogP contribution in [0.1, 0.15) is 12.5 Å². The highest BCUT2D eigenvalue weighted by atomic mass is 16.5. The molecule has 5 nitrogen and oxygen atoms in total. The van der Waals surface area contributed by atoms with E-state index < -0.39 is 5.91 Å². The van der Waals surface area contributed by atoms with Crippen LogP contribution in [-0.4, -0.2) is 12.5 Å². The number of nitrogens with zero attached hydrogens (tertiary/aromatic N) is 1. The molecule has 0 aliphatic carbocycles. The van der Waals surface area contributed by atoms with Gasteiger partial charge in [-0.25, -0.2) is 0 Å². The van der Waals surface area contributed by atoms with Crippen LogP contribution in [0.15, 0.2) is 66.4 Å². The fraction of sp³-hybridized carbons (Fsp3) is 0.158. The molecule has 2 rings (SSSR count). The highest BCUT2D eigenvalue weighted by molar-refractivity contribution is 5.97. The third-order valence-electron chi connectivity index (χ3n) is 3.21. The quantitative estimate of drug-likeness (QED) is 0.606. The van der Waals surface area contributed by atoms with Gasteiger partial charge in [0.15, 0.2) is 0 Å². The molecule has 0 atom stereocenters. The topological polar surface area (TPSA) is 74.1 Å². The molecule has 2 aromatic carbocycles. The molecule has 2 N–H and O–H groups in total. The summed E-state index contributed by atoms with van der Waals surface area (Å²) >= 11 is 0. The van der Waals surface area contributed by atoms with Crippen LogP contribution >= 0.6 is 0 Å². The van der Waals surface area contributed by atoms with Crippen molar-refractivity contribution in [3.8, 4) is 11.8 Å². The summed E-state index contributed by atoms with van der Waals surface area (Å²) in [6, 6.07) is 18.7. The predicted molar refractivity (Wildman–Crippen MR) is 93.2 cm³/mol. The third-order valence-corrected chi connectivity index (χ3v) is 3.21. The maximum Gasteiger partial charge on any atom is 0.263 e. The largest absolute Gasteiger partial charge is 0.494 e. The van der Waals surface area contributed by atoms with Gasteiger partial charge in [0.2, 0.25) is 0 Å². The van der Waals surface area contributed by atoms with E-state index >= 15 is 0 Å². The van der Waals surface area contributed by atoms with E-state index in [0.29, 0.717) is 13.2 Å². The second kappa shape index (κ2) is 9.01. The highest BCUT2D eigenvalue weighted by Gasteiger charge is 2.08. The molecule has 0 aliphatic heterocycles. The Morgan fingerprint density at radius 2 is 1.88 bits per heavy atom. The zero-order chi connectivity index (χ0) is 17.2. The average Bonchev–Trinajstić information content (AvgIpc) is 2.63. The lowest BCUT2D eigenvalue weighted by Gasteiger charge is -2.06. The minimum Gasteiger partial charge on any atom is -0.494 e. The number of ether oxygens (including phenoxy) is 1. The van der Waals surface area contributed by atoms with Gasteiger partial charge in [-0.2, -0.15) is 5.26 Å². The van der Waals surface area contributed by atoms with Gasteiger partial charge in [0.05, 0.1) is 6.61 Å². The van der Waals surface area contributed by atoms with E-state index in [9.17, 15) is 4.79 Å². The number of benzene rings is 2. The molecule has 0 saturated heterocycles. The number of nitriles is 1. The molecular weight excluding hydrogens is 302 g/mol. The zero-order valence-electron chi connectivity index (χ0n) is 13.5. The maximum absolute atomic E-state index is 12.0. The molecule has 122 valence electrons. The van der Waals surface area contributed by atoms with Crippen LogP contribution in [0.2, 0.25) is 0 Å². The summed E-state index contributed by atoms with van der Waals surface area (Å²) in [4.78, 5) is 12.0. The summed E-state index contributed by atoms with van der Waals surface area (Å²) in [5.74, 6) is 0.355. The first kappa shape index (κ1) is 17.1. The average molecular weight is 321 g/mol. The normalized spacial score (nSPS) is 10.6. The molecule has 5 heteroatoms. The summed E-state index contributed by atoms with van der Waals surface area (Å²) < 4.78 is 5.36. The van der Waals surface area contributed by atoms with Crippen LogP contribution in [0.5, 0.6) is 5.75 Å². The molecule has 0 fully saturated rings. The molecule has 0 aromatic heterocycles. The Morgan fingerprint density at radius 3 is 2.50 bits per heavy atom. The number of carbonyl (C=O) groups excluding carboxylic acids is 1. The van der Waals surface area contributed by atoms with Gasteiger partial charge in [-0.1, -0.05) is 30.3 Å². The van der Waals surface area contributed by atoms with E-state index in [4.69, 9.17) is 10.00 Å². The van der Waals surface area contributed by atoms with Crippen LogP contribution in [0.4, 0.5) is 5.69 Å². The summed E-state index contributed by atoms with van der Waals surface area (Å²) in [5, 5.41) is 14.8. The van der Waals surface area contributed by atoms with Gasteiger partial charge in [0, 0.05) is 18.4 Å². The van der Waals surface area contributed by atoms with Gasteiger partial charge < -0.3 is 15.4 Å². The lowest BCUT2D eigenvalue weighted by molar-refractivity contribution is -0.117. The van der Waals surface area contributed by atoms with Gasteiger partial charge >= 0.3 is 0 Å². The van der Waals surface area contributed by atoms with Crippen LogP contribution in [0.25, 0.3) is 0 Å². The van der Waals surface area contributed by atoms with E-state index in [1.165, 1.54) is 6.20 Å². The number of hydrogen-bond donors (Lipinski definition) is 2. The number of carbonyl (C=O) groups is 1. The number of anilines is 1. The summed E-state index contributed by atoms with van der Waals surface area (Å²) in [6.45, 7) is 2.90. The molecule has 1 amide bonds. The first-order chi connectivity index (χ1) is 11.7. The van der Waals surface area contributed by atoms with Crippen LogP contribution < -0.4 is 15.4 Å². The lowest BCUT2D eigenvalue weighted by atomic mass is 10.2. The second-order valence-electron chi connectivity index (χ2n) is 4.94. The molecule has 2 aromatic rings. The van der Waals surface area contributed by atoms with Crippen molar-refractivity contribution in [3.63, 3.8) is 0 Å². The summed E-state index contributed by atoms with van der Waals surface area (Å²) in [6.07, 6.45) is 1.40. The third kappa shape index (κ3) is 5.18. The smallest absolute Gasteiger partial charge is 0.263 e. The summed E-state index contributed by atoms with van der Waals surface area (Å²) in [7, 11) is 0. The van der Waals surface area contributed by atoms with Crippen LogP contribution in [0.3, 0.4) is 0 Å². The van der Waals surface area contributed by atoms with Gasteiger partial charge in [0.25, 0.3) is 5.91 Å². The van der Waals surface area contributed by atoms with Gasteiger partial charge in [-0.05, 0) is 36.8 Å². The summed E-state index contributed by atoms with van der Waals surface area (Å²) in [5.41, 5.74) is 1.75. The minimum absolute atomic E-state index is 0.0137. The Morgan fingerprint density at radius 1 is 1.17 bits per heavy atom. The van der Waals surface area contributed by atoms with E-state index in [-0.39, 0.29) is 5.57 Å². The van der Waals surface area contributed by atoms with Crippen LogP contribution in [-0.2, 0) is 11.3 Å². The van der Waals surface area contributed by atoms with Crippen LogP contribution in [0, 0.1) is 11.3 Å². The molecule has 0 heterocycles. The SMILES string of the molecule is CCOc1ccc(N/C=C(\C#N)C(=O)NCc2ccccc2)cc1. The van der Waals surface area contributed by atoms with Gasteiger partial charge in [-0.15, -0.1) is 0 Å². The van der Waals surface area contributed by atoms with Crippen molar-refractivity contribution < 1.29 is 9.53 Å². The maximum atomic E-state index is 12.0. The Labute approximate surface area is 141 Å². The molecule has 24 heavy (non-hydrogen) atoms. The highest BCUT2D eigenvalue weighted by Crippen LogP contribution is 2.15. The standard InChI is InChI=1S/C19H19N3O2/c1-2-24-18-10-8-17(9-11-18)21-14-16(12-20)19(23)22-13-15-6-4-3-5-7-15/h3-11,14,21H,2,13H2,1H3,(H,22,23)/b16-14+. The number of hydrogen-bond acceptors (Lipinski definition) is 4. The fourth-order valence-corrected chi connectivity index (χ4v) is 1.99. The minimum atomic E-state index is -0.417. The second-order valence-corrected chi connectivity index (χ2v) is 4.94. The Bertz CT molecular complexity index is 731. The van der Waals surface area contributed by atoms with E-state index in [1.54, 1.807) is 0 Å². The molecule has 0 bridgehead atoms. The molecular formula is C19H19N3O2.